The summed E-state index contributed by atoms with van der Waals surface area (Å²) in [4.78, 5) is 4.25. The lowest BCUT2D eigenvalue weighted by atomic mass is 9.84. The number of rotatable bonds is 9. The van der Waals surface area contributed by atoms with E-state index >= 15 is 0 Å². The average Bonchev–Trinajstić information content (AvgIpc) is 3.38. The first-order chi connectivity index (χ1) is 11.5. The van der Waals surface area contributed by atoms with Gasteiger partial charge in [-0.05, 0) is 42.9 Å². The lowest BCUT2D eigenvalue weighted by Gasteiger charge is -2.26. The molecule has 0 unspecified atom stereocenters. The zero-order valence-corrected chi connectivity index (χ0v) is 17.8. The van der Waals surface area contributed by atoms with Crippen LogP contribution in [0.1, 0.15) is 38.7 Å². The first-order valence-corrected chi connectivity index (χ1v) is 8.79. The van der Waals surface area contributed by atoms with Crippen LogP contribution in [0.3, 0.4) is 0 Å². The van der Waals surface area contributed by atoms with Gasteiger partial charge in [0.05, 0.1) is 0 Å². The summed E-state index contributed by atoms with van der Waals surface area (Å²) in [6.07, 6.45) is 3.63. The molecular weight excluding hydrogens is 432 g/mol. The molecule has 0 aromatic heterocycles. The largest absolute Gasteiger partial charge is 0.381 e. The van der Waals surface area contributed by atoms with Crippen molar-refractivity contribution in [2.45, 2.75) is 38.5 Å². The summed E-state index contributed by atoms with van der Waals surface area (Å²) >= 11 is 0. The standard InChI is InChI=1S/C19H30FN3O.HI/c1-19(2,16-7-9-17(20)10-8-16)14-23-18(21-3)22-11-4-12-24-13-15-5-6-15;/h7-10,15H,4-6,11-14H2,1-3H3,(H2,21,22,23);1H. The van der Waals surface area contributed by atoms with E-state index in [0.717, 1.165) is 50.2 Å². The van der Waals surface area contributed by atoms with E-state index in [4.69, 9.17) is 4.74 Å². The number of nitrogens with zero attached hydrogens (tertiary/aromatic N) is 1. The van der Waals surface area contributed by atoms with Crippen molar-refractivity contribution in [3.05, 3.63) is 35.6 Å². The predicted molar refractivity (Wildman–Crippen MR) is 112 cm³/mol. The molecule has 0 aliphatic heterocycles. The summed E-state index contributed by atoms with van der Waals surface area (Å²) in [5.74, 6) is 1.40. The lowest BCUT2D eigenvalue weighted by molar-refractivity contribution is 0.123. The Morgan fingerprint density at radius 1 is 1.24 bits per heavy atom. The molecule has 1 fully saturated rings. The van der Waals surface area contributed by atoms with Gasteiger partial charge in [0.1, 0.15) is 5.82 Å². The molecule has 1 aromatic carbocycles. The zero-order chi connectivity index (χ0) is 17.4. The van der Waals surface area contributed by atoms with Gasteiger partial charge in [-0.15, -0.1) is 24.0 Å². The summed E-state index contributed by atoms with van der Waals surface area (Å²) in [6, 6.07) is 6.69. The number of hydrogen-bond donors (Lipinski definition) is 2. The molecule has 25 heavy (non-hydrogen) atoms. The lowest BCUT2D eigenvalue weighted by Crippen LogP contribution is -2.43. The number of aliphatic imine (C=N–C) groups is 1. The highest BCUT2D eigenvalue weighted by Gasteiger charge is 2.21. The third-order valence-electron chi connectivity index (χ3n) is 4.36. The van der Waals surface area contributed by atoms with Crippen LogP contribution < -0.4 is 10.6 Å². The van der Waals surface area contributed by atoms with Crippen LogP contribution in [0, 0.1) is 11.7 Å². The van der Waals surface area contributed by atoms with Crippen molar-refractivity contribution in [2.24, 2.45) is 10.9 Å². The van der Waals surface area contributed by atoms with Crippen molar-refractivity contribution in [3.8, 4) is 0 Å². The molecular formula is C19H31FIN3O. The highest BCUT2D eigenvalue weighted by atomic mass is 127. The van der Waals surface area contributed by atoms with E-state index in [1.165, 1.54) is 25.0 Å². The maximum atomic E-state index is 13.1. The van der Waals surface area contributed by atoms with Gasteiger partial charge >= 0.3 is 0 Å². The number of hydrogen-bond acceptors (Lipinski definition) is 2. The fourth-order valence-electron chi connectivity index (χ4n) is 2.44. The first kappa shape index (κ1) is 22.2. The van der Waals surface area contributed by atoms with E-state index in [1.54, 1.807) is 7.05 Å². The van der Waals surface area contributed by atoms with Gasteiger partial charge in [-0.1, -0.05) is 26.0 Å². The Labute approximate surface area is 168 Å². The summed E-state index contributed by atoms with van der Waals surface area (Å²) in [6.45, 7) is 7.52. The minimum atomic E-state index is -0.205. The molecule has 0 atom stereocenters. The molecule has 0 radical (unpaired) electrons. The third-order valence-corrected chi connectivity index (χ3v) is 4.36. The molecule has 2 N–H and O–H groups in total. The molecule has 6 heteroatoms. The summed E-state index contributed by atoms with van der Waals surface area (Å²) in [7, 11) is 1.77. The van der Waals surface area contributed by atoms with Gasteiger partial charge in [0.15, 0.2) is 5.96 Å². The van der Waals surface area contributed by atoms with E-state index in [0.29, 0.717) is 0 Å². The number of ether oxygens (including phenoxy) is 1. The van der Waals surface area contributed by atoms with Crippen molar-refractivity contribution < 1.29 is 9.13 Å². The summed E-state index contributed by atoms with van der Waals surface area (Å²) in [5.41, 5.74) is 0.985. The Balaban J connectivity index is 0.00000312. The van der Waals surface area contributed by atoms with Crippen LogP contribution in [0.25, 0.3) is 0 Å². The van der Waals surface area contributed by atoms with Crippen molar-refractivity contribution >= 4 is 29.9 Å². The second-order valence-electron chi connectivity index (χ2n) is 7.12. The molecule has 0 amide bonds. The molecule has 0 heterocycles. The van der Waals surface area contributed by atoms with Gasteiger partial charge < -0.3 is 15.4 Å². The zero-order valence-electron chi connectivity index (χ0n) is 15.5. The molecule has 0 bridgehead atoms. The molecule has 0 spiro atoms. The summed E-state index contributed by atoms with van der Waals surface area (Å²) in [5, 5.41) is 6.65. The highest BCUT2D eigenvalue weighted by Crippen LogP contribution is 2.28. The van der Waals surface area contributed by atoms with Crippen molar-refractivity contribution in [1.82, 2.24) is 10.6 Å². The van der Waals surface area contributed by atoms with Gasteiger partial charge in [-0.3, -0.25) is 4.99 Å². The van der Waals surface area contributed by atoms with Crippen molar-refractivity contribution in [3.63, 3.8) is 0 Å². The van der Waals surface area contributed by atoms with Crippen molar-refractivity contribution in [1.29, 1.82) is 0 Å². The van der Waals surface area contributed by atoms with Crippen LogP contribution in [0.5, 0.6) is 0 Å². The molecule has 1 saturated carbocycles. The maximum Gasteiger partial charge on any atom is 0.191 e. The Hall–Kier alpha value is -0.890. The van der Waals surface area contributed by atoms with E-state index in [-0.39, 0.29) is 35.2 Å². The average molecular weight is 463 g/mol. The smallest absolute Gasteiger partial charge is 0.191 e. The first-order valence-electron chi connectivity index (χ1n) is 8.79. The van der Waals surface area contributed by atoms with Crippen LogP contribution in [-0.4, -0.2) is 39.3 Å². The molecule has 4 nitrogen and oxygen atoms in total. The van der Waals surface area contributed by atoms with E-state index in [9.17, 15) is 4.39 Å². The van der Waals surface area contributed by atoms with Crippen LogP contribution in [0.4, 0.5) is 4.39 Å². The third kappa shape index (κ3) is 8.35. The number of guanidine groups is 1. The molecule has 142 valence electrons. The second-order valence-corrected chi connectivity index (χ2v) is 7.12. The Kier molecular flexibility index (Phi) is 9.71. The molecule has 2 rings (SSSR count). The van der Waals surface area contributed by atoms with Crippen LogP contribution >= 0.6 is 24.0 Å². The Bertz CT molecular complexity index is 530. The molecule has 0 saturated heterocycles. The molecule has 1 aliphatic carbocycles. The predicted octanol–water partition coefficient (Wildman–Crippen LogP) is 3.70. The van der Waals surface area contributed by atoms with E-state index < -0.39 is 0 Å². The Morgan fingerprint density at radius 3 is 2.52 bits per heavy atom. The van der Waals surface area contributed by atoms with Crippen LogP contribution in [-0.2, 0) is 10.2 Å². The normalized spacial score (nSPS) is 14.8. The minimum Gasteiger partial charge on any atom is -0.381 e. The van der Waals surface area contributed by atoms with Gasteiger partial charge in [0.25, 0.3) is 0 Å². The topological polar surface area (TPSA) is 45.7 Å². The fraction of sp³-hybridized carbons (Fsp3) is 0.632. The van der Waals surface area contributed by atoms with Crippen LogP contribution in [0.15, 0.2) is 29.3 Å². The van der Waals surface area contributed by atoms with Gasteiger partial charge in [-0.2, -0.15) is 0 Å². The fourth-order valence-corrected chi connectivity index (χ4v) is 2.44. The van der Waals surface area contributed by atoms with E-state index in [2.05, 4.69) is 29.5 Å². The van der Waals surface area contributed by atoms with Crippen LogP contribution in [0.2, 0.25) is 0 Å². The number of nitrogens with one attached hydrogen (secondary N) is 2. The molecule has 1 aromatic rings. The maximum absolute atomic E-state index is 13.1. The minimum absolute atomic E-state index is 0. The number of benzene rings is 1. The van der Waals surface area contributed by atoms with Gasteiger partial charge in [-0.25, -0.2) is 4.39 Å². The Morgan fingerprint density at radius 2 is 1.92 bits per heavy atom. The highest BCUT2D eigenvalue weighted by molar-refractivity contribution is 14.0. The second kappa shape index (κ2) is 11.0. The quantitative estimate of drug-likeness (QED) is 0.254. The van der Waals surface area contributed by atoms with Crippen molar-refractivity contribution in [2.75, 3.05) is 33.4 Å². The van der Waals surface area contributed by atoms with Gasteiger partial charge in [0.2, 0.25) is 0 Å². The molecule has 1 aliphatic rings. The summed E-state index contributed by atoms with van der Waals surface area (Å²) < 4.78 is 18.7. The number of halogens is 2. The van der Waals surface area contributed by atoms with E-state index in [1.807, 2.05) is 12.1 Å². The monoisotopic (exact) mass is 463 g/mol. The SMILES string of the molecule is CN=C(NCCCOCC1CC1)NCC(C)(C)c1ccc(F)cc1.I. The van der Waals surface area contributed by atoms with Gasteiger partial charge in [0, 0.05) is 38.8 Å².